The van der Waals surface area contributed by atoms with E-state index in [4.69, 9.17) is 16.3 Å². The van der Waals surface area contributed by atoms with Crippen LogP contribution in [0.15, 0.2) is 69.3 Å². The monoisotopic (exact) mass is 498 g/mol. The molecule has 0 radical (unpaired) electrons. The highest BCUT2D eigenvalue weighted by Crippen LogP contribution is 2.26. The SMILES string of the molecule is COc1cccc(-n2c(Cc3cc(=O)[nH]c(=O)[nH]3)nnc2SCC(=O)Nc2ccc(Cl)cc2)c1. The zero-order valence-electron chi connectivity index (χ0n) is 17.9. The van der Waals surface area contributed by atoms with Gasteiger partial charge >= 0.3 is 5.69 Å². The molecule has 3 N–H and O–H groups in total. The molecule has 4 aromatic rings. The molecule has 174 valence electrons. The summed E-state index contributed by atoms with van der Waals surface area (Å²) in [5.41, 5.74) is 0.584. The molecule has 0 saturated carbocycles. The van der Waals surface area contributed by atoms with Crippen LogP contribution < -0.4 is 21.3 Å². The predicted octanol–water partition coefficient (Wildman–Crippen LogP) is 2.63. The third kappa shape index (κ3) is 5.74. The number of amides is 1. The Morgan fingerprint density at radius 3 is 2.65 bits per heavy atom. The van der Waals surface area contributed by atoms with Crippen molar-refractivity contribution in [2.45, 2.75) is 11.6 Å². The Kier molecular flexibility index (Phi) is 7.14. The van der Waals surface area contributed by atoms with Crippen LogP contribution in [-0.4, -0.2) is 43.5 Å². The van der Waals surface area contributed by atoms with Gasteiger partial charge in [-0.15, -0.1) is 10.2 Å². The zero-order chi connectivity index (χ0) is 24.1. The summed E-state index contributed by atoms with van der Waals surface area (Å²) in [5.74, 6) is 0.938. The summed E-state index contributed by atoms with van der Waals surface area (Å²) in [6.45, 7) is 0. The van der Waals surface area contributed by atoms with E-state index in [0.29, 0.717) is 38.8 Å². The molecule has 2 aromatic carbocycles. The number of H-pyrrole nitrogens is 2. The first kappa shape index (κ1) is 23.3. The summed E-state index contributed by atoms with van der Waals surface area (Å²) in [5, 5.41) is 12.3. The highest BCUT2D eigenvalue weighted by atomic mass is 35.5. The van der Waals surface area contributed by atoms with E-state index in [1.165, 1.54) is 17.8 Å². The van der Waals surface area contributed by atoms with Crippen molar-refractivity contribution < 1.29 is 9.53 Å². The first-order valence-corrected chi connectivity index (χ1v) is 11.4. The second kappa shape index (κ2) is 10.4. The van der Waals surface area contributed by atoms with Gasteiger partial charge in [0.15, 0.2) is 5.16 Å². The number of thioether (sulfide) groups is 1. The Morgan fingerprint density at radius 1 is 1.12 bits per heavy atom. The predicted molar refractivity (Wildman–Crippen MR) is 129 cm³/mol. The third-order valence-electron chi connectivity index (χ3n) is 4.64. The maximum absolute atomic E-state index is 12.5. The number of carbonyl (C=O) groups is 1. The van der Waals surface area contributed by atoms with Gasteiger partial charge in [0.2, 0.25) is 5.91 Å². The van der Waals surface area contributed by atoms with Gasteiger partial charge in [0.1, 0.15) is 11.6 Å². The average Bonchev–Trinajstić information content (AvgIpc) is 3.21. The summed E-state index contributed by atoms with van der Waals surface area (Å²) in [4.78, 5) is 40.6. The van der Waals surface area contributed by atoms with Gasteiger partial charge in [0.05, 0.1) is 18.6 Å². The number of hydrogen-bond acceptors (Lipinski definition) is 7. The maximum atomic E-state index is 12.5. The molecule has 4 rings (SSSR count). The maximum Gasteiger partial charge on any atom is 0.325 e. The van der Waals surface area contributed by atoms with Crippen molar-refractivity contribution in [1.82, 2.24) is 24.7 Å². The fourth-order valence-corrected chi connectivity index (χ4v) is 4.06. The molecule has 1 amide bonds. The summed E-state index contributed by atoms with van der Waals surface area (Å²) < 4.78 is 7.08. The molecule has 0 unspecified atom stereocenters. The van der Waals surface area contributed by atoms with Gasteiger partial charge in [-0.1, -0.05) is 29.4 Å². The van der Waals surface area contributed by atoms with Crippen molar-refractivity contribution in [3.63, 3.8) is 0 Å². The van der Waals surface area contributed by atoms with Crippen molar-refractivity contribution >= 4 is 35.0 Å². The minimum Gasteiger partial charge on any atom is -0.497 e. The number of benzene rings is 2. The summed E-state index contributed by atoms with van der Waals surface area (Å²) in [7, 11) is 1.56. The molecule has 0 aliphatic rings. The summed E-state index contributed by atoms with van der Waals surface area (Å²) in [6.07, 6.45) is 0.140. The second-order valence-electron chi connectivity index (χ2n) is 7.07. The highest BCUT2D eigenvalue weighted by Gasteiger charge is 2.17. The smallest absolute Gasteiger partial charge is 0.325 e. The topological polar surface area (TPSA) is 135 Å². The quantitative estimate of drug-likeness (QED) is 0.318. The van der Waals surface area contributed by atoms with Crippen molar-refractivity contribution in [3.8, 4) is 11.4 Å². The number of nitrogens with zero attached hydrogens (tertiary/aromatic N) is 3. The van der Waals surface area contributed by atoms with Gasteiger partial charge in [0.25, 0.3) is 5.56 Å². The first-order chi connectivity index (χ1) is 16.4. The van der Waals surface area contributed by atoms with E-state index in [0.717, 1.165) is 0 Å². The number of anilines is 1. The van der Waals surface area contributed by atoms with Gasteiger partial charge < -0.3 is 15.0 Å². The number of methoxy groups -OCH3 is 1. The third-order valence-corrected chi connectivity index (χ3v) is 5.82. The lowest BCUT2D eigenvalue weighted by Crippen LogP contribution is -2.23. The molecule has 2 aromatic heterocycles. The Hall–Kier alpha value is -3.83. The number of hydrogen-bond donors (Lipinski definition) is 3. The molecule has 34 heavy (non-hydrogen) atoms. The number of ether oxygens (including phenoxy) is 1. The van der Waals surface area contributed by atoms with E-state index < -0.39 is 11.2 Å². The number of aromatic amines is 2. The average molecular weight is 499 g/mol. The fraction of sp³-hybridized carbons (Fsp3) is 0.136. The van der Waals surface area contributed by atoms with Crippen LogP contribution in [0.4, 0.5) is 5.69 Å². The molecule has 12 heteroatoms. The van der Waals surface area contributed by atoms with E-state index in [9.17, 15) is 14.4 Å². The lowest BCUT2D eigenvalue weighted by atomic mass is 10.2. The van der Waals surface area contributed by atoms with E-state index in [2.05, 4.69) is 25.5 Å². The number of carbonyl (C=O) groups excluding carboxylic acids is 1. The molecule has 0 aliphatic carbocycles. The highest BCUT2D eigenvalue weighted by molar-refractivity contribution is 7.99. The molecular weight excluding hydrogens is 480 g/mol. The van der Waals surface area contributed by atoms with E-state index in [1.807, 2.05) is 12.1 Å². The molecular formula is C22H19ClN6O4S. The Balaban J connectivity index is 1.61. The Morgan fingerprint density at radius 2 is 1.91 bits per heavy atom. The van der Waals surface area contributed by atoms with Gasteiger partial charge in [-0.3, -0.25) is 19.1 Å². The normalized spacial score (nSPS) is 10.8. The van der Waals surface area contributed by atoms with Crippen LogP contribution >= 0.6 is 23.4 Å². The van der Waals surface area contributed by atoms with Gasteiger partial charge in [-0.2, -0.15) is 0 Å². The van der Waals surface area contributed by atoms with E-state index in [1.54, 1.807) is 48.1 Å². The van der Waals surface area contributed by atoms with Gasteiger partial charge in [-0.25, -0.2) is 4.79 Å². The van der Waals surface area contributed by atoms with Crippen LogP contribution in [-0.2, 0) is 11.2 Å². The zero-order valence-corrected chi connectivity index (χ0v) is 19.4. The number of aromatic nitrogens is 5. The molecule has 0 atom stereocenters. The minimum absolute atomic E-state index is 0.0760. The van der Waals surface area contributed by atoms with Crippen molar-refractivity contribution in [2.75, 3.05) is 18.2 Å². The molecule has 0 spiro atoms. The molecule has 2 heterocycles. The van der Waals surface area contributed by atoms with Crippen molar-refractivity contribution in [1.29, 1.82) is 0 Å². The van der Waals surface area contributed by atoms with Crippen LogP contribution in [0.2, 0.25) is 5.02 Å². The first-order valence-electron chi connectivity index (χ1n) is 10.0. The molecule has 0 fully saturated rings. The van der Waals surface area contributed by atoms with Crippen LogP contribution in [0.3, 0.4) is 0 Å². The van der Waals surface area contributed by atoms with E-state index in [-0.39, 0.29) is 18.1 Å². The fourth-order valence-electron chi connectivity index (χ4n) is 3.16. The number of rotatable bonds is 8. The van der Waals surface area contributed by atoms with Crippen molar-refractivity contribution in [2.24, 2.45) is 0 Å². The van der Waals surface area contributed by atoms with Gasteiger partial charge in [0, 0.05) is 35.0 Å². The number of nitrogens with one attached hydrogen (secondary N) is 3. The van der Waals surface area contributed by atoms with Gasteiger partial charge in [-0.05, 0) is 36.4 Å². The van der Waals surface area contributed by atoms with E-state index >= 15 is 0 Å². The Bertz CT molecular complexity index is 1400. The minimum atomic E-state index is -0.608. The van der Waals surface area contributed by atoms with Crippen LogP contribution in [0.5, 0.6) is 5.75 Å². The van der Waals surface area contributed by atoms with Crippen LogP contribution in [0.1, 0.15) is 11.5 Å². The molecule has 10 nitrogen and oxygen atoms in total. The molecule has 0 saturated heterocycles. The molecule has 0 bridgehead atoms. The summed E-state index contributed by atoms with van der Waals surface area (Å²) >= 11 is 7.08. The van der Waals surface area contributed by atoms with Crippen LogP contribution in [0, 0.1) is 0 Å². The van der Waals surface area contributed by atoms with Crippen molar-refractivity contribution in [3.05, 3.63) is 92.0 Å². The largest absolute Gasteiger partial charge is 0.497 e. The Labute approximate surface area is 202 Å². The second-order valence-corrected chi connectivity index (χ2v) is 8.45. The number of halogens is 1. The standard InChI is InChI=1S/C22H19ClN6O4S/c1-33-17-4-2-3-16(11-17)29-18(9-15-10-19(30)26-21(32)25-15)27-28-22(29)34-12-20(31)24-14-7-5-13(23)6-8-14/h2-8,10-11H,9,12H2,1H3,(H,24,31)(H2,25,26,30,32). The lowest BCUT2D eigenvalue weighted by Gasteiger charge is -2.11. The van der Waals surface area contributed by atoms with Crippen LogP contribution in [0.25, 0.3) is 5.69 Å². The summed E-state index contributed by atoms with van der Waals surface area (Å²) in [6, 6.07) is 15.3. The lowest BCUT2D eigenvalue weighted by molar-refractivity contribution is -0.113. The molecule has 0 aliphatic heterocycles.